The van der Waals surface area contributed by atoms with Crippen molar-refractivity contribution in [3.63, 3.8) is 0 Å². The zero-order valence-electron chi connectivity index (χ0n) is 16.0. The zero-order valence-corrected chi connectivity index (χ0v) is 16.0. The Hall–Kier alpha value is -3.28. The largest absolute Gasteiger partial charge is 0.339 e. The van der Waals surface area contributed by atoms with Gasteiger partial charge in [-0.25, -0.2) is 9.97 Å². The van der Waals surface area contributed by atoms with Crippen molar-refractivity contribution in [2.75, 3.05) is 18.4 Å². The van der Waals surface area contributed by atoms with E-state index in [1.54, 1.807) is 42.5 Å². The third kappa shape index (κ3) is 3.58. The van der Waals surface area contributed by atoms with Gasteiger partial charge in [-0.2, -0.15) is 0 Å². The van der Waals surface area contributed by atoms with Crippen LogP contribution in [0.25, 0.3) is 11.0 Å². The monoisotopic (exact) mass is 374 g/mol. The highest BCUT2D eigenvalue weighted by Gasteiger charge is 2.19. The normalized spacial score (nSPS) is 13.7. The van der Waals surface area contributed by atoms with Crippen molar-refractivity contribution in [3.05, 3.63) is 65.0 Å². The molecule has 0 unspecified atom stereocenters. The molecule has 0 saturated carbocycles. The van der Waals surface area contributed by atoms with Gasteiger partial charge in [0.05, 0.1) is 22.4 Å². The van der Waals surface area contributed by atoms with Gasteiger partial charge in [0.25, 0.3) is 11.8 Å². The number of aryl methyl sites for hydroxylation is 2. The second-order valence-corrected chi connectivity index (χ2v) is 7.13. The average molecular weight is 374 g/mol. The predicted molar refractivity (Wildman–Crippen MR) is 109 cm³/mol. The molecule has 2 heterocycles. The van der Waals surface area contributed by atoms with Crippen molar-refractivity contribution in [1.82, 2.24) is 14.9 Å². The number of amides is 2. The molecule has 1 N–H and O–H groups in total. The number of rotatable bonds is 3. The van der Waals surface area contributed by atoms with E-state index in [1.807, 2.05) is 18.7 Å². The van der Waals surface area contributed by atoms with Crippen LogP contribution in [-0.2, 0) is 0 Å². The smallest absolute Gasteiger partial charge is 0.255 e. The Kier molecular flexibility index (Phi) is 4.77. The Bertz CT molecular complexity index is 1070. The molecule has 6 nitrogen and oxygen atoms in total. The second-order valence-electron chi connectivity index (χ2n) is 7.13. The molecule has 28 heavy (non-hydrogen) atoms. The van der Waals surface area contributed by atoms with Crippen LogP contribution in [0.3, 0.4) is 0 Å². The lowest BCUT2D eigenvalue weighted by Crippen LogP contribution is -2.27. The van der Waals surface area contributed by atoms with Crippen molar-refractivity contribution >= 4 is 28.5 Å². The fraction of sp³-hybridized carbons (Fsp3) is 0.273. The molecule has 3 aromatic rings. The molecule has 2 aromatic carbocycles. The molecule has 1 saturated heterocycles. The summed E-state index contributed by atoms with van der Waals surface area (Å²) in [7, 11) is 0. The Morgan fingerprint density at radius 1 is 0.893 bits per heavy atom. The first-order valence-electron chi connectivity index (χ1n) is 9.47. The Balaban J connectivity index is 1.55. The van der Waals surface area contributed by atoms with Gasteiger partial charge in [-0.05, 0) is 63.1 Å². The first-order chi connectivity index (χ1) is 13.5. The van der Waals surface area contributed by atoms with Crippen LogP contribution in [0.5, 0.6) is 0 Å². The molecule has 142 valence electrons. The van der Waals surface area contributed by atoms with Crippen molar-refractivity contribution in [1.29, 1.82) is 0 Å². The summed E-state index contributed by atoms with van der Waals surface area (Å²) in [5, 5.41) is 2.88. The molecule has 0 aliphatic carbocycles. The third-order valence-corrected chi connectivity index (χ3v) is 5.10. The molecular weight excluding hydrogens is 352 g/mol. The number of benzene rings is 2. The molecule has 6 heteroatoms. The minimum atomic E-state index is -0.243. The highest BCUT2D eigenvalue weighted by molar-refractivity contribution is 6.06. The molecular formula is C22H22N4O2. The lowest BCUT2D eigenvalue weighted by molar-refractivity contribution is 0.0792. The standard InChI is InChI=1S/C22H22N4O2/c1-14-15(2)24-20-13-16(8-9-19(20)23-14)21(27)25-18-7-5-6-17(12-18)22(28)26-10-3-4-11-26/h5-9,12-13H,3-4,10-11H2,1-2H3,(H,25,27). The summed E-state index contributed by atoms with van der Waals surface area (Å²) < 4.78 is 0. The molecule has 0 atom stereocenters. The Labute approximate surface area is 163 Å². The van der Waals surface area contributed by atoms with E-state index in [1.165, 1.54) is 0 Å². The van der Waals surface area contributed by atoms with E-state index in [4.69, 9.17) is 0 Å². The van der Waals surface area contributed by atoms with Gasteiger partial charge in [0.15, 0.2) is 0 Å². The van der Waals surface area contributed by atoms with E-state index in [-0.39, 0.29) is 11.8 Å². The number of fused-ring (bicyclic) bond motifs is 1. The van der Waals surface area contributed by atoms with Crippen LogP contribution in [0, 0.1) is 13.8 Å². The molecule has 1 aliphatic heterocycles. The maximum Gasteiger partial charge on any atom is 0.255 e. The highest BCUT2D eigenvalue weighted by Crippen LogP contribution is 2.19. The minimum Gasteiger partial charge on any atom is -0.339 e. The van der Waals surface area contributed by atoms with Crippen molar-refractivity contribution in [2.45, 2.75) is 26.7 Å². The summed E-state index contributed by atoms with van der Waals surface area (Å²) >= 11 is 0. The summed E-state index contributed by atoms with van der Waals surface area (Å²) in [6.07, 6.45) is 2.10. The average Bonchev–Trinajstić information content (AvgIpc) is 3.23. The number of nitrogens with zero attached hydrogens (tertiary/aromatic N) is 3. The molecule has 0 radical (unpaired) electrons. The number of hydrogen-bond acceptors (Lipinski definition) is 4. The second kappa shape index (κ2) is 7.38. The van der Waals surface area contributed by atoms with Crippen LogP contribution >= 0.6 is 0 Å². The summed E-state index contributed by atoms with van der Waals surface area (Å²) in [4.78, 5) is 36.1. The summed E-state index contributed by atoms with van der Waals surface area (Å²) in [5.41, 5.74) is 4.87. The fourth-order valence-electron chi connectivity index (χ4n) is 3.41. The number of aromatic nitrogens is 2. The number of anilines is 1. The molecule has 0 bridgehead atoms. The minimum absolute atomic E-state index is 0.0143. The molecule has 1 fully saturated rings. The molecule has 1 aromatic heterocycles. The third-order valence-electron chi connectivity index (χ3n) is 5.10. The van der Waals surface area contributed by atoms with Gasteiger partial charge in [0, 0.05) is 29.9 Å². The van der Waals surface area contributed by atoms with Crippen molar-refractivity contribution < 1.29 is 9.59 Å². The zero-order chi connectivity index (χ0) is 19.7. The maximum atomic E-state index is 12.7. The maximum absolute atomic E-state index is 12.7. The lowest BCUT2D eigenvalue weighted by Gasteiger charge is -2.15. The van der Waals surface area contributed by atoms with Gasteiger partial charge in [-0.15, -0.1) is 0 Å². The van der Waals surface area contributed by atoms with E-state index < -0.39 is 0 Å². The van der Waals surface area contributed by atoms with Crippen LogP contribution < -0.4 is 5.32 Å². The number of nitrogens with one attached hydrogen (secondary N) is 1. The van der Waals surface area contributed by atoms with Gasteiger partial charge in [-0.3, -0.25) is 9.59 Å². The van der Waals surface area contributed by atoms with Gasteiger partial charge in [0.2, 0.25) is 0 Å². The van der Waals surface area contributed by atoms with E-state index in [2.05, 4.69) is 15.3 Å². The number of hydrogen-bond donors (Lipinski definition) is 1. The lowest BCUT2D eigenvalue weighted by atomic mass is 10.1. The van der Waals surface area contributed by atoms with E-state index in [9.17, 15) is 9.59 Å². The van der Waals surface area contributed by atoms with Crippen LogP contribution in [0.1, 0.15) is 44.9 Å². The number of carbonyl (C=O) groups excluding carboxylic acids is 2. The summed E-state index contributed by atoms with van der Waals surface area (Å²) in [6.45, 7) is 5.41. The van der Waals surface area contributed by atoms with Crippen LogP contribution in [-0.4, -0.2) is 39.8 Å². The highest BCUT2D eigenvalue weighted by atomic mass is 16.2. The van der Waals surface area contributed by atoms with Crippen LogP contribution in [0.4, 0.5) is 5.69 Å². The van der Waals surface area contributed by atoms with Crippen molar-refractivity contribution in [2.24, 2.45) is 0 Å². The predicted octanol–water partition coefficient (Wildman–Crippen LogP) is 3.73. The SMILES string of the molecule is Cc1nc2ccc(C(=O)Nc3cccc(C(=O)N4CCCC4)c3)cc2nc1C. The van der Waals surface area contributed by atoms with Crippen LogP contribution in [0.15, 0.2) is 42.5 Å². The quantitative estimate of drug-likeness (QED) is 0.758. The first-order valence-corrected chi connectivity index (χ1v) is 9.47. The van der Waals surface area contributed by atoms with Gasteiger partial charge in [0.1, 0.15) is 0 Å². The van der Waals surface area contributed by atoms with Gasteiger partial charge < -0.3 is 10.2 Å². The molecule has 4 rings (SSSR count). The van der Waals surface area contributed by atoms with E-state index in [0.717, 1.165) is 42.8 Å². The fourth-order valence-corrected chi connectivity index (χ4v) is 3.41. The summed E-state index contributed by atoms with van der Waals surface area (Å²) in [6, 6.07) is 12.4. The van der Waals surface area contributed by atoms with E-state index >= 15 is 0 Å². The first kappa shape index (κ1) is 18.1. The molecule has 1 aliphatic rings. The number of carbonyl (C=O) groups is 2. The Morgan fingerprint density at radius 3 is 2.36 bits per heavy atom. The van der Waals surface area contributed by atoms with E-state index in [0.29, 0.717) is 22.3 Å². The molecule has 0 spiro atoms. The van der Waals surface area contributed by atoms with Gasteiger partial charge in [-0.1, -0.05) is 6.07 Å². The van der Waals surface area contributed by atoms with Crippen molar-refractivity contribution in [3.8, 4) is 0 Å². The Morgan fingerprint density at radius 2 is 1.61 bits per heavy atom. The summed E-state index contributed by atoms with van der Waals surface area (Å²) in [5.74, 6) is -0.229. The molecule has 2 amide bonds. The number of likely N-dealkylation sites (tertiary alicyclic amines) is 1. The topological polar surface area (TPSA) is 75.2 Å². The van der Waals surface area contributed by atoms with Gasteiger partial charge >= 0.3 is 0 Å². The van der Waals surface area contributed by atoms with Crippen LogP contribution in [0.2, 0.25) is 0 Å².